The smallest absolute Gasteiger partial charge is 0.159 e. The van der Waals surface area contributed by atoms with E-state index in [0.717, 1.165) is 36.5 Å². The highest BCUT2D eigenvalue weighted by Crippen LogP contribution is 2.20. The van der Waals surface area contributed by atoms with Crippen LogP contribution in [0.3, 0.4) is 0 Å². The number of carbonyl (C=O) groups excluding carboxylic acids is 1. The first-order chi connectivity index (χ1) is 9.56. The molecule has 0 aliphatic heterocycles. The zero-order valence-electron chi connectivity index (χ0n) is 13.3. The molecule has 0 N–H and O–H groups in total. The van der Waals surface area contributed by atoms with Gasteiger partial charge in [0.1, 0.15) is 5.75 Å². The fraction of sp³-hybridized carbons (Fsp3) is 0.611. The third-order valence-corrected chi connectivity index (χ3v) is 3.85. The van der Waals surface area contributed by atoms with Gasteiger partial charge < -0.3 is 4.74 Å². The minimum atomic E-state index is 0.0958. The molecule has 112 valence electrons. The number of ketones is 1. The topological polar surface area (TPSA) is 26.3 Å². The van der Waals surface area contributed by atoms with Crippen LogP contribution in [0.1, 0.15) is 70.2 Å². The Kier molecular flexibility index (Phi) is 7.35. The second-order valence-corrected chi connectivity index (χ2v) is 5.70. The van der Waals surface area contributed by atoms with Gasteiger partial charge in [-0.2, -0.15) is 0 Å². The lowest BCUT2D eigenvalue weighted by atomic mass is 9.99. The molecule has 0 saturated carbocycles. The van der Waals surface area contributed by atoms with Gasteiger partial charge >= 0.3 is 0 Å². The van der Waals surface area contributed by atoms with Gasteiger partial charge in [-0.1, -0.05) is 33.6 Å². The highest BCUT2D eigenvalue weighted by Gasteiger charge is 2.12. The molecule has 2 nitrogen and oxygen atoms in total. The molecule has 0 fully saturated rings. The van der Waals surface area contributed by atoms with Crippen molar-refractivity contribution < 1.29 is 9.53 Å². The van der Waals surface area contributed by atoms with Crippen molar-refractivity contribution in [3.05, 3.63) is 29.8 Å². The lowest BCUT2D eigenvalue weighted by Gasteiger charge is -2.20. The first-order valence-corrected chi connectivity index (χ1v) is 7.84. The molecule has 20 heavy (non-hydrogen) atoms. The normalized spacial score (nSPS) is 13.8. The van der Waals surface area contributed by atoms with Crippen LogP contribution >= 0.6 is 0 Å². The molecule has 0 saturated heterocycles. The Morgan fingerprint density at radius 3 is 2.25 bits per heavy atom. The highest BCUT2D eigenvalue weighted by molar-refractivity contribution is 5.94. The molecule has 0 bridgehead atoms. The van der Waals surface area contributed by atoms with Gasteiger partial charge in [-0.25, -0.2) is 0 Å². The van der Waals surface area contributed by atoms with E-state index < -0.39 is 0 Å². The summed E-state index contributed by atoms with van der Waals surface area (Å²) in [5.74, 6) is 1.73. The van der Waals surface area contributed by atoms with E-state index in [9.17, 15) is 4.79 Å². The van der Waals surface area contributed by atoms with Gasteiger partial charge in [0.25, 0.3) is 0 Å². The van der Waals surface area contributed by atoms with Crippen molar-refractivity contribution in [3.63, 3.8) is 0 Å². The van der Waals surface area contributed by atoms with Crippen LogP contribution in [0.15, 0.2) is 24.3 Å². The SMILES string of the molecule is CCCC(CCC(C)CC)Oc1ccc(C(C)=O)cc1. The Balaban J connectivity index is 2.57. The number of Topliss-reactive ketones (excluding diaryl/α,β-unsaturated/α-hetero) is 1. The van der Waals surface area contributed by atoms with Gasteiger partial charge in [0.15, 0.2) is 5.78 Å². The van der Waals surface area contributed by atoms with E-state index in [0.29, 0.717) is 0 Å². The zero-order chi connectivity index (χ0) is 15.0. The van der Waals surface area contributed by atoms with Gasteiger partial charge in [0.2, 0.25) is 0 Å². The van der Waals surface area contributed by atoms with Gasteiger partial charge in [-0.05, 0) is 56.4 Å². The highest BCUT2D eigenvalue weighted by atomic mass is 16.5. The Morgan fingerprint density at radius 2 is 1.75 bits per heavy atom. The fourth-order valence-electron chi connectivity index (χ4n) is 2.22. The summed E-state index contributed by atoms with van der Waals surface area (Å²) >= 11 is 0. The number of ether oxygens (including phenoxy) is 1. The first-order valence-electron chi connectivity index (χ1n) is 7.84. The molecule has 1 rings (SSSR count). The van der Waals surface area contributed by atoms with E-state index in [2.05, 4.69) is 20.8 Å². The van der Waals surface area contributed by atoms with Gasteiger partial charge in [-0.3, -0.25) is 4.79 Å². The molecule has 0 aliphatic carbocycles. The van der Waals surface area contributed by atoms with Gasteiger partial charge in [0.05, 0.1) is 6.10 Å². The maximum absolute atomic E-state index is 11.3. The summed E-state index contributed by atoms with van der Waals surface area (Å²) < 4.78 is 6.07. The predicted molar refractivity (Wildman–Crippen MR) is 84.5 cm³/mol. The Hall–Kier alpha value is -1.31. The first kappa shape index (κ1) is 16.7. The van der Waals surface area contributed by atoms with E-state index in [1.54, 1.807) is 6.92 Å². The zero-order valence-corrected chi connectivity index (χ0v) is 13.3. The second-order valence-electron chi connectivity index (χ2n) is 5.70. The van der Waals surface area contributed by atoms with Crippen molar-refractivity contribution in [1.82, 2.24) is 0 Å². The maximum atomic E-state index is 11.3. The van der Waals surface area contributed by atoms with Crippen LogP contribution in [-0.4, -0.2) is 11.9 Å². The monoisotopic (exact) mass is 276 g/mol. The molecule has 1 aromatic carbocycles. The summed E-state index contributed by atoms with van der Waals surface area (Å²) in [7, 11) is 0. The van der Waals surface area contributed by atoms with Crippen LogP contribution in [-0.2, 0) is 0 Å². The summed E-state index contributed by atoms with van der Waals surface area (Å²) in [5.41, 5.74) is 0.740. The molecular formula is C18H28O2. The average molecular weight is 276 g/mol. The third-order valence-electron chi connectivity index (χ3n) is 3.85. The molecule has 0 radical (unpaired) electrons. The van der Waals surface area contributed by atoms with Crippen LogP contribution in [0.5, 0.6) is 5.75 Å². The van der Waals surface area contributed by atoms with Crippen molar-refractivity contribution in [2.75, 3.05) is 0 Å². The van der Waals surface area contributed by atoms with E-state index >= 15 is 0 Å². The predicted octanol–water partition coefficient (Wildman–Crippen LogP) is 5.26. The summed E-state index contributed by atoms with van der Waals surface area (Å²) in [5, 5.41) is 0. The van der Waals surface area contributed by atoms with Crippen molar-refractivity contribution in [2.45, 2.75) is 65.9 Å². The number of carbonyl (C=O) groups is 1. The van der Waals surface area contributed by atoms with Crippen molar-refractivity contribution in [1.29, 1.82) is 0 Å². The largest absolute Gasteiger partial charge is 0.490 e. The van der Waals surface area contributed by atoms with Crippen LogP contribution < -0.4 is 4.74 Å². The van der Waals surface area contributed by atoms with E-state index in [-0.39, 0.29) is 11.9 Å². The maximum Gasteiger partial charge on any atom is 0.159 e. The van der Waals surface area contributed by atoms with Gasteiger partial charge in [-0.15, -0.1) is 0 Å². The molecule has 2 heteroatoms. The van der Waals surface area contributed by atoms with Crippen molar-refractivity contribution in [2.24, 2.45) is 5.92 Å². The number of rotatable bonds is 9. The molecule has 2 atom stereocenters. The Morgan fingerprint density at radius 1 is 1.10 bits per heavy atom. The standard InChI is InChI=1S/C18H28O2/c1-5-7-17(11-8-14(3)6-2)20-18-12-9-16(10-13-18)15(4)19/h9-10,12-14,17H,5-8,11H2,1-4H3. The number of benzene rings is 1. The quantitative estimate of drug-likeness (QED) is 0.575. The van der Waals surface area contributed by atoms with Crippen LogP contribution in [0, 0.1) is 5.92 Å². The second kappa shape index (κ2) is 8.78. The Labute approximate surface area is 123 Å². The van der Waals surface area contributed by atoms with Crippen molar-refractivity contribution >= 4 is 5.78 Å². The molecule has 1 aromatic rings. The lowest BCUT2D eigenvalue weighted by Crippen LogP contribution is -2.17. The summed E-state index contributed by atoms with van der Waals surface area (Å²) in [4.78, 5) is 11.3. The number of hydrogen-bond acceptors (Lipinski definition) is 2. The minimum absolute atomic E-state index is 0.0958. The van der Waals surface area contributed by atoms with E-state index in [4.69, 9.17) is 4.74 Å². The number of hydrogen-bond donors (Lipinski definition) is 0. The summed E-state index contributed by atoms with van der Waals surface area (Å²) in [6, 6.07) is 7.50. The molecule has 0 aliphatic rings. The van der Waals surface area contributed by atoms with Crippen molar-refractivity contribution in [3.8, 4) is 5.75 Å². The molecule has 0 spiro atoms. The molecule has 0 heterocycles. The van der Waals surface area contributed by atoms with Crippen LogP contribution in [0.4, 0.5) is 0 Å². The third kappa shape index (κ3) is 5.77. The molecule has 0 amide bonds. The molecule has 2 unspecified atom stereocenters. The summed E-state index contributed by atoms with van der Waals surface area (Å²) in [6.07, 6.45) is 6.06. The van der Waals surface area contributed by atoms with E-state index in [1.807, 2.05) is 24.3 Å². The van der Waals surface area contributed by atoms with Crippen LogP contribution in [0.2, 0.25) is 0 Å². The molecule has 0 aromatic heterocycles. The Bertz CT molecular complexity index is 394. The lowest BCUT2D eigenvalue weighted by molar-refractivity contribution is 0.101. The van der Waals surface area contributed by atoms with Gasteiger partial charge in [0, 0.05) is 5.56 Å². The minimum Gasteiger partial charge on any atom is -0.490 e. The average Bonchev–Trinajstić information content (AvgIpc) is 2.45. The summed E-state index contributed by atoms with van der Waals surface area (Å²) in [6.45, 7) is 8.31. The fourth-order valence-corrected chi connectivity index (χ4v) is 2.22. The van der Waals surface area contributed by atoms with Crippen LogP contribution in [0.25, 0.3) is 0 Å². The molecular weight excluding hydrogens is 248 g/mol. The van der Waals surface area contributed by atoms with E-state index in [1.165, 1.54) is 12.8 Å².